The maximum Gasteiger partial charge on any atom is 0.203 e. The zero-order valence-electron chi connectivity index (χ0n) is 17.9. The molecule has 0 saturated heterocycles. The molecule has 29 heavy (non-hydrogen) atoms. The summed E-state index contributed by atoms with van der Waals surface area (Å²) in [7, 11) is 8.29. The highest BCUT2D eigenvalue weighted by atomic mass is 16.5. The van der Waals surface area contributed by atoms with Gasteiger partial charge in [0.25, 0.3) is 0 Å². The molecule has 158 valence electrons. The molecule has 2 rings (SSSR count). The van der Waals surface area contributed by atoms with Crippen LogP contribution in [0.25, 0.3) is 0 Å². The molecule has 0 spiro atoms. The summed E-state index contributed by atoms with van der Waals surface area (Å²) in [4.78, 5) is 4.28. The molecule has 2 aromatic carbocycles. The first kappa shape index (κ1) is 22.2. The van der Waals surface area contributed by atoms with E-state index >= 15 is 0 Å². The van der Waals surface area contributed by atoms with Crippen LogP contribution in [0.1, 0.15) is 11.1 Å². The molecule has 0 aromatic heterocycles. The summed E-state index contributed by atoms with van der Waals surface area (Å²) in [5, 5.41) is 6.66. The molecular formula is C22H31N3O4. The number of methoxy groups -OCH3 is 4. The fraction of sp³-hybridized carbons (Fsp3) is 0.409. The lowest BCUT2D eigenvalue weighted by Gasteiger charge is -2.16. The number of benzene rings is 2. The summed E-state index contributed by atoms with van der Waals surface area (Å²) in [5.74, 6) is 3.57. The fourth-order valence-electron chi connectivity index (χ4n) is 3.01. The molecule has 0 unspecified atom stereocenters. The molecule has 0 atom stereocenters. The molecule has 0 saturated carbocycles. The van der Waals surface area contributed by atoms with Gasteiger partial charge < -0.3 is 29.6 Å². The topological polar surface area (TPSA) is 73.3 Å². The summed E-state index contributed by atoms with van der Waals surface area (Å²) in [6.45, 7) is 1.49. The third-order valence-electron chi connectivity index (χ3n) is 4.56. The van der Waals surface area contributed by atoms with Crippen molar-refractivity contribution < 1.29 is 18.9 Å². The van der Waals surface area contributed by atoms with Gasteiger partial charge in [-0.1, -0.05) is 18.2 Å². The van der Waals surface area contributed by atoms with Crippen molar-refractivity contribution in [1.29, 1.82) is 0 Å². The number of nitrogens with zero attached hydrogens (tertiary/aromatic N) is 1. The number of hydrogen-bond acceptors (Lipinski definition) is 5. The van der Waals surface area contributed by atoms with Crippen molar-refractivity contribution in [3.05, 3.63) is 47.5 Å². The number of nitrogens with one attached hydrogen (secondary N) is 2. The Labute approximate surface area is 173 Å². The van der Waals surface area contributed by atoms with E-state index in [1.54, 1.807) is 35.5 Å². The van der Waals surface area contributed by atoms with Crippen LogP contribution in [0.2, 0.25) is 0 Å². The van der Waals surface area contributed by atoms with Gasteiger partial charge in [0.15, 0.2) is 17.5 Å². The second kappa shape index (κ2) is 11.7. The van der Waals surface area contributed by atoms with Crippen LogP contribution in [-0.2, 0) is 12.8 Å². The van der Waals surface area contributed by atoms with Crippen molar-refractivity contribution in [2.45, 2.75) is 12.8 Å². The Balaban J connectivity index is 1.85. The summed E-state index contributed by atoms with van der Waals surface area (Å²) >= 11 is 0. The van der Waals surface area contributed by atoms with Crippen LogP contribution >= 0.6 is 0 Å². The standard InChI is InChI=1S/C22H31N3O4/c1-23-22(24-14-12-16-6-9-18(26-2)10-7-16)25-15-13-17-8-11-19(27-3)21(29-5)20(17)28-4/h6-11H,12-15H2,1-5H3,(H2,23,24,25). The lowest BCUT2D eigenvalue weighted by molar-refractivity contribution is 0.322. The summed E-state index contributed by atoms with van der Waals surface area (Å²) in [6.07, 6.45) is 1.65. The summed E-state index contributed by atoms with van der Waals surface area (Å²) in [6, 6.07) is 12.0. The molecule has 0 amide bonds. The van der Waals surface area contributed by atoms with E-state index in [-0.39, 0.29) is 0 Å². The molecule has 0 bridgehead atoms. The first-order valence-corrected chi connectivity index (χ1v) is 9.52. The van der Waals surface area contributed by atoms with Crippen molar-refractivity contribution in [2.75, 3.05) is 48.6 Å². The zero-order chi connectivity index (χ0) is 21.1. The van der Waals surface area contributed by atoms with Gasteiger partial charge in [-0.25, -0.2) is 0 Å². The smallest absolute Gasteiger partial charge is 0.203 e. The average molecular weight is 402 g/mol. The average Bonchev–Trinajstić information content (AvgIpc) is 2.77. The molecular weight excluding hydrogens is 370 g/mol. The third kappa shape index (κ3) is 6.20. The van der Waals surface area contributed by atoms with Crippen molar-refractivity contribution in [3.63, 3.8) is 0 Å². The number of hydrogen-bond donors (Lipinski definition) is 2. The van der Waals surface area contributed by atoms with Crippen LogP contribution in [0.4, 0.5) is 0 Å². The molecule has 7 nitrogen and oxygen atoms in total. The van der Waals surface area contributed by atoms with Gasteiger partial charge in [-0.3, -0.25) is 4.99 Å². The van der Waals surface area contributed by atoms with E-state index in [1.165, 1.54) is 5.56 Å². The van der Waals surface area contributed by atoms with Crippen molar-refractivity contribution in [2.24, 2.45) is 4.99 Å². The Morgan fingerprint density at radius 2 is 1.41 bits per heavy atom. The Bertz CT molecular complexity index is 791. The molecule has 0 fully saturated rings. The Kier molecular flexibility index (Phi) is 8.95. The Morgan fingerprint density at radius 3 is 1.97 bits per heavy atom. The van der Waals surface area contributed by atoms with Gasteiger partial charge in [0.2, 0.25) is 5.75 Å². The van der Waals surface area contributed by atoms with E-state index in [4.69, 9.17) is 18.9 Å². The van der Waals surface area contributed by atoms with Gasteiger partial charge in [0.1, 0.15) is 5.75 Å². The van der Waals surface area contributed by atoms with Crippen LogP contribution in [0, 0.1) is 0 Å². The minimum Gasteiger partial charge on any atom is -0.497 e. The van der Waals surface area contributed by atoms with E-state index < -0.39 is 0 Å². The highest BCUT2D eigenvalue weighted by Gasteiger charge is 2.15. The minimum absolute atomic E-state index is 0.606. The zero-order valence-corrected chi connectivity index (χ0v) is 17.9. The van der Waals surface area contributed by atoms with Crippen molar-refractivity contribution in [1.82, 2.24) is 10.6 Å². The second-order valence-corrected chi connectivity index (χ2v) is 6.27. The number of guanidine groups is 1. The largest absolute Gasteiger partial charge is 0.497 e. The van der Waals surface area contributed by atoms with Crippen LogP contribution < -0.4 is 29.6 Å². The minimum atomic E-state index is 0.606. The predicted octanol–water partition coefficient (Wildman–Crippen LogP) is 2.67. The molecule has 0 heterocycles. The third-order valence-corrected chi connectivity index (χ3v) is 4.56. The predicted molar refractivity (Wildman–Crippen MR) is 116 cm³/mol. The van der Waals surface area contributed by atoms with Gasteiger partial charge in [-0.05, 0) is 36.6 Å². The highest BCUT2D eigenvalue weighted by Crippen LogP contribution is 2.39. The van der Waals surface area contributed by atoms with Gasteiger partial charge in [-0.15, -0.1) is 0 Å². The van der Waals surface area contributed by atoms with E-state index in [2.05, 4.69) is 27.8 Å². The molecule has 2 N–H and O–H groups in total. The van der Waals surface area contributed by atoms with Gasteiger partial charge in [0.05, 0.1) is 28.4 Å². The van der Waals surface area contributed by atoms with E-state index in [1.807, 2.05) is 24.3 Å². The number of ether oxygens (including phenoxy) is 4. The lowest BCUT2D eigenvalue weighted by Crippen LogP contribution is -2.39. The van der Waals surface area contributed by atoms with Gasteiger partial charge in [0, 0.05) is 25.7 Å². The van der Waals surface area contributed by atoms with E-state index in [9.17, 15) is 0 Å². The second-order valence-electron chi connectivity index (χ2n) is 6.27. The maximum absolute atomic E-state index is 5.54. The highest BCUT2D eigenvalue weighted by molar-refractivity contribution is 5.79. The first-order valence-electron chi connectivity index (χ1n) is 9.52. The monoisotopic (exact) mass is 401 g/mol. The quantitative estimate of drug-likeness (QED) is 0.471. The molecule has 0 aliphatic heterocycles. The fourth-order valence-corrected chi connectivity index (χ4v) is 3.01. The molecule has 2 aromatic rings. The van der Waals surface area contributed by atoms with Crippen LogP contribution in [-0.4, -0.2) is 54.5 Å². The SMILES string of the molecule is CN=C(NCCc1ccc(OC)cc1)NCCc1ccc(OC)c(OC)c1OC. The molecule has 0 aliphatic carbocycles. The Morgan fingerprint density at radius 1 is 0.759 bits per heavy atom. The van der Waals surface area contributed by atoms with E-state index in [0.29, 0.717) is 23.8 Å². The first-order chi connectivity index (χ1) is 14.2. The maximum atomic E-state index is 5.54. The van der Waals surface area contributed by atoms with Crippen molar-refractivity contribution >= 4 is 5.96 Å². The van der Waals surface area contributed by atoms with Crippen LogP contribution in [0.3, 0.4) is 0 Å². The van der Waals surface area contributed by atoms with Crippen LogP contribution in [0.5, 0.6) is 23.0 Å². The summed E-state index contributed by atoms with van der Waals surface area (Å²) < 4.78 is 21.5. The molecule has 0 aliphatic rings. The van der Waals surface area contributed by atoms with Crippen molar-refractivity contribution in [3.8, 4) is 23.0 Å². The number of rotatable bonds is 10. The normalized spacial score (nSPS) is 11.0. The van der Waals surface area contributed by atoms with Gasteiger partial charge >= 0.3 is 0 Å². The van der Waals surface area contributed by atoms with E-state index in [0.717, 1.165) is 36.7 Å². The summed E-state index contributed by atoms with van der Waals surface area (Å²) in [5.41, 5.74) is 2.27. The van der Waals surface area contributed by atoms with Crippen LogP contribution in [0.15, 0.2) is 41.4 Å². The molecule has 7 heteroatoms. The van der Waals surface area contributed by atoms with Gasteiger partial charge in [-0.2, -0.15) is 0 Å². The lowest BCUT2D eigenvalue weighted by atomic mass is 10.1. The molecule has 0 radical (unpaired) electrons. The Hall–Kier alpha value is -3.09. The number of aliphatic imine (C=N–C) groups is 1.